The van der Waals surface area contributed by atoms with Gasteiger partial charge in [-0.25, -0.2) is 0 Å². The summed E-state index contributed by atoms with van der Waals surface area (Å²) in [5.41, 5.74) is 6.96. The topological polar surface area (TPSA) is 18.5 Å². The van der Waals surface area contributed by atoms with Gasteiger partial charge in [-0.1, -0.05) is 73.5 Å². The summed E-state index contributed by atoms with van der Waals surface area (Å²) in [7, 11) is 3.34. The number of benzene rings is 2. The van der Waals surface area contributed by atoms with Gasteiger partial charge >= 0.3 is 0 Å². The Balaban J connectivity index is 2.74. The molecule has 2 rings (SSSR count). The van der Waals surface area contributed by atoms with E-state index in [-0.39, 0.29) is 17.4 Å². The molecule has 4 heteroatoms. The molecule has 0 aliphatic heterocycles. The van der Waals surface area contributed by atoms with E-state index >= 15 is 0 Å². The van der Waals surface area contributed by atoms with Crippen molar-refractivity contribution in [1.29, 1.82) is 0 Å². The highest BCUT2D eigenvalue weighted by Gasteiger charge is 2.35. The van der Waals surface area contributed by atoms with Crippen LogP contribution in [-0.2, 0) is 21.5 Å². The fourth-order valence-electron chi connectivity index (χ4n) is 4.23. The first-order chi connectivity index (χ1) is 14.6. The van der Waals surface area contributed by atoms with Gasteiger partial charge in [0.25, 0.3) is 0 Å². The van der Waals surface area contributed by atoms with Crippen molar-refractivity contribution in [2.45, 2.75) is 78.0 Å². The third-order valence-electron chi connectivity index (χ3n) is 6.28. The van der Waals surface area contributed by atoms with Crippen LogP contribution in [0, 0.1) is 13.8 Å². The Hall–Kier alpha value is -0.940. The van der Waals surface area contributed by atoms with Crippen molar-refractivity contribution in [2.75, 3.05) is 20.6 Å². The van der Waals surface area contributed by atoms with Crippen LogP contribution in [0.25, 0.3) is 0 Å². The molecule has 2 atom stereocenters. The lowest BCUT2D eigenvalue weighted by atomic mass is 9.81. The van der Waals surface area contributed by atoms with Crippen LogP contribution >= 0.6 is 17.2 Å². The van der Waals surface area contributed by atoms with E-state index in [4.69, 9.17) is 9.47 Å². The molecule has 0 aliphatic carbocycles. The standard InChI is InChI=1S/C27H42O2P2/c1-10-27(11-2,31-25-19(3)13-12-14-21(25)17-30-9)23-16-22(26(5,6)7)15-20(4)24(23)29-18-28-8/h12-16,30-31H,10-11,17-18H2,1-9H3. The molecule has 0 heterocycles. The van der Waals surface area contributed by atoms with Crippen LogP contribution in [0.5, 0.6) is 5.75 Å². The van der Waals surface area contributed by atoms with Crippen LogP contribution in [0.3, 0.4) is 0 Å². The van der Waals surface area contributed by atoms with Gasteiger partial charge in [0.05, 0.1) is 0 Å². The monoisotopic (exact) mass is 460 g/mol. The summed E-state index contributed by atoms with van der Waals surface area (Å²) in [6.45, 7) is 18.6. The van der Waals surface area contributed by atoms with E-state index in [0.717, 1.165) is 27.2 Å². The first-order valence-electron chi connectivity index (χ1n) is 11.4. The molecular formula is C27H42O2P2. The highest BCUT2D eigenvalue weighted by molar-refractivity contribution is 7.49. The quantitative estimate of drug-likeness (QED) is 0.271. The van der Waals surface area contributed by atoms with Crippen LogP contribution in [0.15, 0.2) is 30.3 Å². The Morgan fingerprint density at radius 3 is 2.19 bits per heavy atom. The van der Waals surface area contributed by atoms with Crippen LogP contribution in [-0.4, -0.2) is 20.6 Å². The summed E-state index contributed by atoms with van der Waals surface area (Å²) in [5.74, 6) is 1.01. The van der Waals surface area contributed by atoms with E-state index in [1.54, 1.807) is 12.4 Å². The fraction of sp³-hybridized carbons (Fsp3) is 0.556. The van der Waals surface area contributed by atoms with Crippen molar-refractivity contribution >= 4 is 22.5 Å². The Kier molecular flexibility index (Phi) is 9.57. The molecule has 0 fully saturated rings. The van der Waals surface area contributed by atoms with Crippen molar-refractivity contribution < 1.29 is 9.47 Å². The van der Waals surface area contributed by atoms with E-state index in [0.29, 0.717) is 8.58 Å². The first-order valence-corrected chi connectivity index (χ1v) is 14.1. The second-order valence-corrected chi connectivity index (χ2v) is 12.3. The summed E-state index contributed by atoms with van der Waals surface area (Å²) in [6, 6.07) is 11.6. The summed E-state index contributed by atoms with van der Waals surface area (Å²) in [5, 5.41) is 1.60. The Bertz CT molecular complexity index is 864. The Morgan fingerprint density at radius 2 is 1.65 bits per heavy atom. The van der Waals surface area contributed by atoms with Gasteiger partial charge in [-0.2, -0.15) is 0 Å². The van der Waals surface area contributed by atoms with Gasteiger partial charge in [0.15, 0.2) is 6.79 Å². The predicted octanol–water partition coefficient (Wildman–Crippen LogP) is 7.41. The van der Waals surface area contributed by atoms with Crippen LogP contribution in [0.2, 0.25) is 0 Å². The van der Waals surface area contributed by atoms with E-state index < -0.39 is 0 Å². The smallest absolute Gasteiger partial charge is 0.188 e. The van der Waals surface area contributed by atoms with Gasteiger partial charge in [0.2, 0.25) is 0 Å². The number of hydrogen-bond donors (Lipinski definition) is 0. The van der Waals surface area contributed by atoms with Gasteiger partial charge < -0.3 is 9.47 Å². The van der Waals surface area contributed by atoms with Crippen LogP contribution in [0.4, 0.5) is 0 Å². The second-order valence-electron chi connectivity index (χ2n) is 9.52. The Morgan fingerprint density at radius 1 is 0.968 bits per heavy atom. The maximum Gasteiger partial charge on any atom is 0.188 e. The van der Waals surface area contributed by atoms with Crippen LogP contribution in [0.1, 0.15) is 75.3 Å². The minimum atomic E-state index is 0.0484. The highest BCUT2D eigenvalue weighted by atomic mass is 31.1. The zero-order valence-corrected chi connectivity index (χ0v) is 23.0. The molecule has 0 spiro atoms. The molecule has 31 heavy (non-hydrogen) atoms. The van der Waals surface area contributed by atoms with Crippen molar-refractivity contribution in [3.8, 4) is 5.75 Å². The van der Waals surface area contributed by atoms with Crippen molar-refractivity contribution in [2.24, 2.45) is 0 Å². The largest absolute Gasteiger partial charge is 0.467 e. The lowest BCUT2D eigenvalue weighted by Gasteiger charge is -2.37. The van der Waals surface area contributed by atoms with Gasteiger partial charge in [-0.3, -0.25) is 0 Å². The predicted molar refractivity (Wildman–Crippen MR) is 142 cm³/mol. The van der Waals surface area contributed by atoms with E-state index in [1.807, 2.05) is 0 Å². The summed E-state index contributed by atoms with van der Waals surface area (Å²) in [4.78, 5) is 0. The average molecular weight is 461 g/mol. The molecule has 0 amide bonds. The number of rotatable bonds is 10. The summed E-state index contributed by atoms with van der Waals surface area (Å²) in [6.07, 6.45) is 3.34. The number of methoxy groups -OCH3 is 1. The molecule has 0 N–H and O–H groups in total. The molecule has 0 aromatic heterocycles. The van der Waals surface area contributed by atoms with Gasteiger partial charge in [-0.05, 0) is 72.5 Å². The molecule has 0 saturated carbocycles. The van der Waals surface area contributed by atoms with Crippen molar-refractivity contribution in [3.05, 3.63) is 58.1 Å². The average Bonchev–Trinajstić information content (AvgIpc) is 2.72. The number of ether oxygens (including phenoxy) is 2. The molecular weight excluding hydrogens is 418 g/mol. The molecule has 2 aromatic rings. The maximum absolute atomic E-state index is 6.22. The first kappa shape index (κ1) is 26.3. The Labute approximate surface area is 194 Å². The maximum atomic E-state index is 6.22. The normalized spacial score (nSPS) is 13.1. The molecule has 172 valence electrons. The summed E-state index contributed by atoms with van der Waals surface area (Å²) < 4.78 is 11.5. The molecule has 2 unspecified atom stereocenters. The third-order valence-corrected chi connectivity index (χ3v) is 9.43. The van der Waals surface area contributed by atoms with Gasteiger partial charge in [0.1, 0.15) is 5.75 Å². The molecule has 0 radical (unpaired) electrons. The third kappa shape index (κ3) is 6.10. The fourth-order valence-corrected chi connectivity index (χ4v) is 6.85. The zero-order valence-electron chi connectivity index (χ0n) is 21.0. The minimum Gasteiger partial charge on any atom is -0.467 e. The lowest BCUT2D eigenvalue weighted by molar-refractivity contribution is 0.0494. The van der Waals surface area contributed by atoms with E-state index in [2.05, 4.69) is 85.5 Å². The van der Waals surface area contributed by atoms with Crippen molar-refractivity contribution in [1.82, 2.24) is 0 Å². The van der Waals surface area contributed by atoms with E-state index in [1.165, 1.54) is 34.0 Å². The summed E-state index contributed by atoms with van der Waals surface area (Å²) >= 11 is 0. The molecule has 0 bridgehead atoms. The molecule has 0 saturated heterocycles. The van der Waals surface area contributed by atoms with Gasteiger partial charge in [-0.15, -0.1) is 8.58 Å². The molecule has 0 aliphatic rings. The zero-order chi connectivity index (χ0) is 23.2. The number of aryl methyl sites for hydroxylation is 2. The van der Waals surface area contributed by atoms with Gasteiger partial charge in [0, 0.05) is 17.8 Å². The van der Waals surface area contributed by atoms with E-state index in [9.17, 15) is 0 Å². The highest BCUT2D eigenvalue weighted by Crippen LogP contribution is 2.52. The number of hydrogen-bond acceptors (Lipinski definition) is 2. The molecule has 2 nitrogen and oxygen atoms in total. The lowest BCUT2D eigenvalue weighted by Crippen LogP contribution is -2.26. The van der Waals surface area contributed by atoms with Crippen LogP contribution < -0.4 is 10.0 Å². The SMILES string of the molecule is CCC(CC)(Pc1c(C)cccc1CPC)c1cc(C(C)(C)C)cc(C)c1OCOC. The van der Waals surface area contributed by atoms with Crippen molar-refractivity contribution in [3.63, 3.8) is 0 Å². The molecule has 2 aromatic carbocycles. The second kappa shape index (κ2) is 11.3. The minimum absolute atomic E-state index is 0.0484.